The van der Waals surface area contributed by atoms with Crippen LogP contribution < -0.4 is 0 Å². The number of esters is 1. The number of aryl methyl sites for hydroxylation is 1. The second-order valence-corrected chi connectivity index (χ2v) is 6.71. The van der Waals surface area contributed by atoms with Gasteiger partial charge in [0.05, 0.1) is 25.4 Å². The predicted octanol–water partition coefficient (Wildman–Crippen LogP) is 1.59. The number of carbonyl (C=O) groups is 1. The Morgan fingerprint density at radius 2 is 2.30 bits per heavy atom. The highest BCUT2D eigenvalue weighted by atomic mass is 19.1. The van der Waals surface area contributed by atoms with Gasteiger partial charge >= 0.3 is 5.97 Å². The lowest BCUT2D eigenvalue weighted by Gasteiger charge is -2.43. The molecule has 3 heterocycles. The molecular weight excluding hydrogens is 299 g/mol. The van der Waals surface area contributed by atoms with Crippen molar-refractivity contribution in [2.75, 3.05) is 20.3 Å². The third kappa shape index (κ3) is 3.24. The average Bonchev–Trinajstić information content (AvgIpc) is 3.07. The molecule has 128 valence electrons. The minimum Gasteiger partial charge on any atom is -0.469 e. The Morgan fingerprint density at radius 3 is 2.96 bits per heavy atom. The normalized spacial score (nSPS) is 30.6. The van der Waals surface area contributed by atoms with Gasteiger partial charge in [0, 0.05) is 31.4 Å². The number of hydrogen-bond donors (Lipinski definition) is 0. The van der Waals surface area contributed by atoms with Gasteiger partial charge in [0.25, 0.3) is 0 Å². The summed E-state index contributed by atoms with van der Waals surface area (Å²) in [6.07, 6.45) is 5.45. The number of rotatable bonds is 6. The first-order chi connectivity index (χ1) is 11.1. The largest absolute Gasteiger partial charge is 0.469 e. The molecule has 4 unspecified atom stereocenters. The molecule has 2 aliphatic rings. The molecule has 0 N–H and O–H groups in total. The van der Waals surface area contributed by atoms with Gasteiger partial charge in [-0.15, -0.1) is 5.10 Å². The summed E-state index contributed by atoms with van der Waals surface area (Å²) in [5.74, 6) is -0.118. The van der Waals surface area contributed by atoms with Gasteiger partial charge in [0.2, 0.25) is 0 Å². The summed E-state index contributed by atoms with van der Waals surface area (Å²) in [5.41, 5.74) is 0.878. The topological polar surface area (TPSA) is 60.3 Å². The van der Waals surface area contributed by atoms with E-state index in [0.717, 1.165) is 31.5 Å². The van der Waals surface area contributed by atoms with Crippen LogP contribution in [0, 0.1) is 18.8 Å². The molecule has 23 heavy (non-hydrogen) atoms. The number of methoxy groups -OCH3 is 1. The number of alkyl halides is 1. The standard InChI is InChI=1S/C16H25FN4O2/c1-11-9-20(19-18-11)10-12-8-13-4-5-14(15(12)16(22)23-2)21(13)7-3-6-17/h9,12-15H,3-8,10H2,1-2H3. The number of ether oxygens (including phenoxy) is 1. The predicted molar refractivity (Wildman–Crippen MR) is 82.5 cm³/mol. The Kier molecular flexibility index (Phi) is 4.94. The second kappa shape index (κ2) is 6.95. The number of fused-ring (bicyclic) bond motifs is 2. The third-order valence-corrected chi connectivity index (χ3v) is 5.29. The number of halogens is 1. The smallest absolute Gasteiger partial charge is 0.310 e. The van der Waals surface area contributed by atoms with Crippen LogP contribution in [0.1, 0.15) is 31.4 Å². The molecule has 6 nitrogen and oxygen atoms in total. The highest BCUT2D eigenvalue weighted by Gasteiger charge is 2.50. The van der Waals surface area contributed by atoms with Gasteiger partial charge in [-0.2, -0.15) is 0 Å². The van der Waals surface area contributed by atoms with Crippen molar-refractivity contribution in [1.82, 2.24) is 19.9 Å². The number of aromatic nitrogens is 3. The van der Waals surface area contributed by atoms with Gasteiger partial charge in [-0.1, -0.05) is 5.21 Å². The molecule has 2 aliphatic heterocycles. The summed E-state index contributed by atoms with van der Waals surface area (Å²) in [7, 11) is 1.45. The van der Waals surface area contributed by atoms with E-state index in [0.29, 0.717) is 19.0 Å². The lowest BCUT2D eigenvalue weighted by Crippen LogP contribution is -2.52. The molecular formula is C16H25FN4O2. The summed E-state index contributed by atoms with van der Waals surface area (Å²) in [5, 5.41) is 8.15. The molecule has 0 spiro atoms. The third-order valence-electron chi connectivity index (χ3n) is 5.29. The highest BCUT2D eigenvalue weighted by Crippen LogP contribution is 2.43. The average molecular weight is 324 g/mol. The maximum atomic E-state index is 12.6. The van der Waals surface area contributed by atoms with E-state index in [1.807, 2.05) is 17.8 Å². The zero-order chi connectivity index (χ0) is 16.4. The molecule has 0 radical (unpaired) electrons. The van der Waals surface area contributed by atoms with Crippen molar-refractivity contribution in [1.29, 1.82) is 0 Å². The molecule has 2 fully saturated rings. The zero-order valence-electron chi connectivity index (χ0n) is 13.8. The van der Waals surface area contributed by atoms with Crippen molar-refractivity contribution in [3.05, 3.63) is 11.9 Å². The van der Waals surface area contributed by atoms with E-state index in [1.165, 1.54) is 7.11 Å². The van der Waals surface area contributed by atoms with Crippen LogP contribution in [0.5, 0.6) is 0 Å². The van der Waals surface area contributed by atoms with Gasteiger partial charge in [-0.3, -0.25) is 18.8 Å². The van der Waals surface area contributed by atoms with Crippen LogP contribution in [0.15, 0.2) is 6.20 Å². The Labute approximate surface area is 136 Å². The van der Waals surface area contributed by atoms with Crippen molar-refractivity contribution >= 4 is 5.97 Å². The molecule has 4 atom stereocenters. The molecule has 0 amide bonds. The maximum absolute atomic E-state index is 12.6. The number of nitrogens with zero attached hydrogens (tertiary/aromatic N) is 4. The summed E-state index contributed by atoms with van der Waals surface area (Å²) >= 11 is 0. The molecule has 1 aromatic rings. The van der Waals surface area contributed by atoms with Crippen molar-refractivity contribution in [3.63, 3.8) is 0 Å². The lowest BCUT2D eigenvalue weighted by molar-refractivity contribution is -0.153. The van der Waals surface area contributed by atoms with E-state index in [2.05, 4.69) is 15.2 Å². The summed E-state index contributed by atoms with van der Waals surface area (Å²) < 4.78 is 19.5. The van der Waals surface area contributed by atoms with Crippen LogP contribution in [0.2, 0.25) is 0 Å². The van der Waals surface area contributed by atoms with Gasteiger partial charge in [0.15, 0.2) is 0 Å². The molecule has 0 aliphatic carbocycles. The van der Waals surface area contributed by atoms with Crippen molar-refractivity contribution < 1.29 is 13.9 Å². The molecule has 1 aromatic heterocycles. The fourth-order valence-corrected chi connectivity index (χ4v) is 4.40. The molecule has 2 bridgehead atoms. The number of hydrogen-bond acceptors (Lipinski definition) is 5. The summed E-state index contributed by atoms with van der Waals surface area (Å²) in [6, 6.07) is 0.615. The number of carbonyl (C=O) groups excluding carboxylic acids is 1. The second-order valence-electron chi connectivity index (χ2n) is 6.71. The lowest BCUT2D eigenvalue weighted by atomic mass is 9.79. The van der Waals surface area contributed by atoms with E-state index in [4.69, 9.17) is 4.74 Å². The van der Waals surface area contributed by atoms with Gasteiger partial charge in [0.1, 0.15) is 0 Å². The monoisotopic (exact) mass is 324 g/mol. The number of piperidine rings is 1. The Hall–Kier alpha value is -1.50. The first-order valence-electron chi connectivity index (χ1n) is 8.40. The van der Waals surface area contributed by atoms with Crippen LogP contribution in [-0.4, -0.2) is 58.3 Å². The maximum Gasteiger partial charge on any atom is 0.310 e. The van der Waals surface area contributed by atoms with Crippen molar-refractivity contribution in [3.8, 4) is 0 Å². The summed E-state index contributed by atoms with van der Waals surface area (Å²) in [6.45, 7) is 3.02. The van der Waals surface area contributed by atoms with E-state index in [1.54, 1.807) is 0 Å². The zero-order valence-corrected chi connectivity index (χ0v) is 13.8. The highest BCUT2D eigenvalue weighted by molar-refractivity contribution is 5.74. The minimum atomic E-state index is -0.305. The SMILES string of the molecule is COC(=O)C1C(Cn2cc(C)nn2)CC2CCC1N2CCCF. The van der Waals surface area contributed by atoms with Crippen LogP contribution >= 0.6 is 0 Å². The van der Waals surface area contributed by atoms with Crippen molar-refractivity contribution in [2.45, 2.75) is 51.2 Å². The van der Waals surface area contributed by atoms with Crippen LogP contribution in [0.3, 0.4) is 0 Å². The fraction of sp³-hybridized carbons (Fsp3) is 0.812. The first-order valence-corrected chi connectivity index (χ1v) is 8.40. The molecule has 0 saturated carbocycles. The Bertz CT molecular complexity index is 550. The van der Waals surface area contributed by atoms with Gasteiger partial charge < -0.3 is 4.74 Å². The van der Waals surface area contributed by atoms with Gasteiger partial charge in [-0.25, -0.2) is 0 Å². The van der Waals surface area contributed by atoms with Crippen LogP contribution in [0.25, 0.3) is 0 Å². The van der Waals surface area contributed by atoms with Crippen LogP contribution in [0.4, 0.5) is 4.39 Å². The Balaban J connectivity index is 1.78. The summed E-state index contributed by atoms with van der Waals surface area (Å²) in [4.78, 5) is 14.7. The Morgan fingerprint density at radius 1 is 1.48 bits per heavy atom. The molecule has 7 heteroatoms. The van der Waals surface area contributed by atoms with E-state index < -0.39 is 0 Å². The minimum absolute atomic E-state index is 0.151. The quantitative estimate of drug-likeness (QED) is 0.744. The molecule has 3 rings (SSSR count). The first kappa shape index (κ1) is 16.4. The van der Waals surface area contributed by atoms with E-state index >= 15 is 0 Å². The van der Waals surface area contributed by atoms with Crippen LogP contribution in [-0.2, 0) is 16.1 Å². The van der Waals surface area contributed by atoms with Gasteiger partial charge in [-0.05, 0) is 38.5 Å². The van der Waals surface area contributed by atoms with E-state index in [-0.39, 0.29) is 30.5 Å². The molecule has 2 saturated heterocycles. The van der Waals surface area contributed by atoms with E-state index in [9.17, 15) is 9.18 Å². The fourth-order valence-electron chi connectivity index (χ4n) is 4.40. The van der Waals surface area contributed by atoms with Crippen molar-refractivity contribution in [2.24, 2.45) is 11.8 Å². The molecule has 0 aromatic carbocycles.